The average molecular weight is 116 g/mol. The molecular weight excluding hydrogens is 104 g/mol. The standard InChI is InChI=1S/C6H12S/c1-4-7-5-6(2)3/h4,6H,1,5H2,2-3H3. The first-order valence-corrected chi connectivity index (χ1v) is 3.54. The van der Waals surface area contributed by atoms with Gasteiger partial charge in [0.15, 0.2) is 0 Å². The quantitative estimate of drug-likeness (QED) is 0.546. The molecule has 0 fully saturated rings. The molecule has 0 aromatic carbocycles. The summed E-state index contributed by atoms with van der Waals surface area (Å²) in [6, 6.07) is 0. The van der Waals surface area contributed by atoms with Crippen molar-refractivity contribution in [1.82, 2.24) is 0 Å². The summed E-state index contributed by atoms with van der Waals surface area (Å²) < 4.78 is 0. The van der Waals surface area contributed by atoms with E-state index < -0.39 is 0 Å². The molecule has 0 aliphatic carbocycles. The Balaban J connectivity index is 2.81. The SMILES string of the molecule is C=CSCC(C)C. The Kier molecular flexibility index (Phi) is 4.31. The maximum absolute atomic E-state index is 3.60. The molecule has 0 nitrogen and oxygen atoms in total. The highest BCUT2D eigenvalue weighted by Gasteiger charge is 1.87. The third-order valence-electron chi connectivity index (χ3n) is 0.547. The lowest BCUT2D eigenvalue weighted by Crippen LogP contribution is -1.86. The fourth-order valence-electron chi connectivity index (χ4n) is 0.260. The molecule has 0 spiro atoms. The summed E-state index contributed by atoms with van der Waals surface area (Å²) in [6.45, 7) is 8.01. The minimum Gasteiger partial charge on any atom is -0.134 e. The number of hydrogen-bond donors (Lipinski definition) is 0. The van der Waals surface area contributed by atoms with Gasteiger partial charge < -0.3 is 0 Å². The molecule has 0 heterocycles. The predicted molar refractivity (Wildman–Crippen MR) is 37.5 cm³/mol. The van der Waals surface area contributed by atoms with Crippen LogP contribution < -0.4 is 0 Å². The molecule has 1 heteroatoms. The van der Waals surface area contributed by atoms with Crippen LogP contribution >= 0.6 is 11.8 Å². The molecule has 0 saturated carbocycles. The van der Waals surface area contributed by atoms with Crippen LogP contribution in [0.1, 0.15) is 13.8 Å². The van der Waals surface area contributed by atoms with Crippen LogP contribution in [0.15, 0.2) is 12.0 Å². The normalized spacial score (nSPS) is 9.57. The average Bonchev–Trinajstić information content (AvgIpc) is 1.61. The lowest BCUT2D eigenvalue weighted by molar-refractivity contribution is 0.751. The monoisotopic (exact) mass is 116 g/mol. The second kappa shape index (κ2) is 4.25. The fraction of sp³-hybridized carbons (Fsp3) is 0.667. The van der Waals surface area contributed by atoms with Crippen molar-refractivity contribution in [3.8, 4) is 0 Å². The van der Waals surface area contributed by atoms with Gasteiger partial charge in [-0.2, -0.15) is 0 Å². The van der Waals surface area contributed by atoms with Gasteiger partial charge in [-0.1, -0.05) is 20.4 Å². The molecule has 0 bridgehead atoms. The molecule has 0 radical (unpaired) electrons. The number of rotatable bonds is 3. The van der Waals surface area contributed by atoms with E-state index in [2.05, 4.69) is 20.4 Å². The van der Waals surface area contributed by atoms with Gasteiger partial charge in [-0.05, 0) is 17.1 Å². The van der Waals surface area contributed by atoms with Crippen LogP contribution in [0.25, 0.3) is 0 Å². The van der Waals surface area contributed by atoms with Crippen molar-refractivity contribution >= 4 is 11.8 Å². The first-order valence-electron chi connectivity index (χ1n) is 2.50. The van der Waals surface area contributed by atoms with Gasteiger partial charge in [-0.3, -0.25) is 0 Å². The van der Waals surface area contributed by atoms with Crippen molar-refractivity contribution in [2.45, 2.75) is 13.8 Å². The van der Waals surface area contributed by atoms with Gasteiger partial charge in [0, 0.05) is 0 Å². The molecule has 0 atom stereocenters. The van der Waals surface area contributed by atoms with Gasteiger partial charge in [0.25, 0.3) is 0 Å². The molecule has 0 N–H and O–H groups in total. The Labute approximate surface area is 50.0 Å². The summed E-state index contributed by atoms with van der Waals surface area (Å²) in [7, 11) is 0. The third kappa shape index (κ3) is 6.09. The van der Waals surface area contributed by atoms with Gasteiger partial charge >= 0.3 is 0 Å². The van der Waals surface area contributed by atoms with Crippen molar-refractivity contribution in [3.05, 3.63) is 12.0 Å². The molecule has 0 saturated heterocycles. The van der Waals surface area contributed by atoms with Crippen molar-refractivity contribution < 1.29 is 0 Å². The van der Waals surface area contributed by atoms with Gasteiger partial charge in [-0.25, -0.2) is 0 Å². The molecule has 42 valence electrons. The highest BCUT2D eigenvalue weighted by molar-refractivity contribution is 8.02. The molecule has 0 aromatic heterocycles. The Hall–Kier alpha value is 0.0900. The summed E-state index contributed by atoms with van der Waals surface area (Å²) in [5, 5.41) is 1.89. The van der Waals surface area contributed by atoms with E-state index in [0.717, 1.165) is 5.92 Å². The maximum atomic E-state index is 3.60. The van der Waals surface area contributed by atoms with Crippen LogP contribution in [0, 0.1) is 5.92 Å². The molecule has 0 aliphatic rings. The van der Waals surface area contributed by atoms with Gasteiger partial charge in [0.2, 0.25) is 0 Å². The topological polar surface area (TPSA) is 0 Å². The zero-order valence-corrected chi connectivity index (χ0v) is 5.79. The van der Waals surface area contributed by atoms with Crippen LogP contribution in [-0.2, 0) is 0 Å². The first-order chi connectivity index (χ1) is 3.27. The molecule has 7 heavy (non-hydrogen) atoms. The van der Waals surface area contributed by atoms with Crippen LogP contribution in [0.3, 0.4) is 0 Å². The second-order valence-electron chi connectivity index (χ2n) is 1.89. The summed E-state index contributed by atoms with van der Waals surface area (Å²) in [5.74, 6) is 1.99. The van der Waals surface area contributed by atoms with Crippen molar-refractivity contribution in [3.63, 3.8) is 0 Å². The smallest absolute Gasteiger partial charge is 0.000305 e. The first kappa shape index (κ1) is 7.09. The largest absolute Gasteiger partial charge is 0.134 e. The minimum absolute atomic E-state index is 0.794. The summed E-state index contributed by atoms with van der Waals surface area (Å²) in [5.41, 5.74) is 0. The van der Waals surface area contributed by atoms with E-state index in [1.807, 2.05) is 5.41 Å². The third-order valence-corrected chi connectivity index (χ3v) is 1.64. The Morgan fingerprint density at radius 2 is 2.29 bits per heavy atom. The highest BCUT2D eigenvalue weighted by atomic mass is 32.2. The fourth-order valence-corrected chi connectivity index (χ4v) is 0.781. The molecule has 0 aromatic rings. The van der Waals surface area contributed by atoms with Crippen LogP contribution in [0.4, 0.5) is 0 Å². The van der Waals surface area contributed by atoms with Crippen LogP contribution in [0.5, 0.6) is 0 Å². The zero-order chi connectivity index (χ0) is 5.70. The number of thioether (sulfide) groups is 1. The van der Waals surface area contributed by atoms with Crippen molar-refractivity contribution in [2.75, 3.05) is 5.75 Å². The van der Waals surface area contributed by atoms with Gasteiger partial charge in [-0.15, -0.1) is 11.8 Å². The van der Waals surface area contributed by atoms with E-state index >= 15 is 0 Å². The van der Waals surface area contributed by atoms with E-state index in [0.29, 0.717) is 0 Å². The minimum atomic E-state index is 0.794. The lowest BCUT2D eigenvalue weighted by Gasteiger charge is -1.96. The molecule has 0 aliphatic heterocycles. The Bertz CT molecular complexity index is 48.1. The molecular formula is C6H12S. The van der Waals surface area contributed by atoms with E-state index in [9.17, 15) is 0 Å². The second-order valence-corrected chi connectivity index (χ2v) is 2.89. The number of hydrogen-bond acceptors (Lipinski definition) is 1. The molecule has 0 amide bonds. The van der Waals surface area contributed by atoms with E-state index in [-0.39, 0.29) is 0 Å². The Morgan fingerprint density at radius 3 is 2.43 bits per heavy atom. The summed E-state index contributed by atoms with van der Waals surface area (Å²) in [6.07, 6.45) is 0. The van der Waals surface area contributed by atoms with E-state index in [4.69, 9.17) is 0 Å². The molecule has 0 rings (SSSR count). The highest BCUT2D eigenvalue weighted by Crippen LogP contribution is 2.06. The van der Waals surface area contributed by atoms with Crippen molar-refractivity contribution in [2.24, 2.45) is 5.92 Å². The predicted octanol–water partition coefficient (Wildman–Crippen LogP) is 2.52. The Morgan fingerprint density at radius 1 is 1.71 bits per heavy atom. The van der Waals surface area contributed by atoms with Crippen molar-refractivity contribution in [1.29, 1.82) is 0 Å². The van der Waals surface area contributed by atoms with Gasteiger partial charge in [0.05, 0.1) is 0 Å². The summed E-state index contributed by atoms with van der Waals surface area (Å²) in [4.78, 5) is 0. The van der Waals surface area contributed by atoms with Crippen LogP contribution in [0.2, 0.25) is 0 Å². The van der Waals surface area contributed by atoms with E-state index in [1.54, 1.807) is 11.8 Å². The van der Waals surface area contributed by atoms with Crippen LogP contribution in [-0.4, -0.2) is 5.75 Å². The summed E-state index contributed by atoms with van der Waals surface area (Å²) >= 11 is 1.78. The zero-order valence-electron chi connectivity index (χ0n) is 4.98. The molecule has 0 unspecified atom stereocenters. The van der Waals surface area contributed by atoms with Gasteiger partial charge in [0.1, 0.15) is 0 Å². The lowest BCUT2D eigenvalue weighted by atomic mass is 10.3. The van der Waals surface area contributed by atoms with E-state index in [1.165, 1.54) is 5.75 Å². The maximum Gasteiger partial charge on any atom is -0.000305 e.